The summed E-state index contributed by atoms with van der Waals surface area (Å²) in [6, 6.07) is 15.9. The summed E-state index contributed by atoms with van der Waals surface area (Å²) in [5.41, 5.74) is 4.51. The molecule has 1 amide bonds. The van der Waals surface area contributed by atoms with Gasteiger partial charge in [0.15, 0.2) is 23.0 Å². The molecule has 0 aliphatic carbocycles. The van der Waals surface area contributed by atoms with Crippen LogP contribution in [0.25, 0.3) is 0 Å². The Morgan fingerprint density at radius 3 is 2.17 bits per heavy atom. The molecule has 35 heavy (non-hydrogen) atoms. The third kappa shape index (κ3) is 6.80. The van der Waals surface area contributed by atoms with Crippen molar-refractivity contribution in [3.63, 3.8) is 0 Å². The summed E-state index contributed by atoms with van der Waals surface area (Å²) in [5.74, 6) is 1.88. The van der Waals surface area contributed by atoms with Crippen LogP contribution >= 0.6 is 11.6 Å². The highest BCUT2D eigenvalue weighted by Crippen LogP contribution is 2.38. The van der Waals surface area contributed by atoms with E-state index in [9.17, 15) is 4.79 Å². The number of hydrogen-bond donors (Lipinski definition) is 1. The van der Waals surface area contributed by atoms with E-state index < -0.39 is 5.91 Å². The minimum Gasteiger partial charge on any atom is -0.493 e. The van der Waals surface area contributed by atoms with E-state index in [1.54, 1.807) is 24.3 Å². The molecule has 0 aliphatic rings. The topological polar surface area (TPSA) is 87.6 Å². The van der Waals surface area contributed by atoms with Crippen LogP contribution in [0.5, 0.6) is 28.7 Å². The first kappa shape index (κ1) is 25.7. The van der Waals surface area contributed by atoms with Gasteiger partial charge in [-0.25, -0.2) is 5.43 Å². The monoisotopic (exact) mass is 498 g/mol. The van der Waals surface area contributed by atoms with Gasteiger partial charge >= 0.3 is 0 Å². The quantitative estimate of drug-likeness (QED) is 0.292. The van der Waals surface area contributed by atoms with E-state index in [1.807, 2.05) is 37.3 Å². The molecule has 0 spiro atoms. The summed E-state index contributed by atoms with van der Waals surface area (Å²) >= 11 is 5.93. The van der Waals surface area contributed by atoms with Crippen molar-refractivity contribution in [2.45, 2.75) is 13.5 Å². The van der Waals surface area contributed by atoms with Crippen LogP contribution in [0.4, 0.5) is 0 Å². The van der Waals surface area contributed by atoms with Crippen LogP contribution in [0.1, 0.15) is 28.4 Å². The molecule has 9 heteroatoms. The maximum absolute atomic E-state index is 12.6. The van der Waals surface area contributed by atoms with Crippen molar-refractivity contribution in [3.05, 3.63) is 76.3 Å². The van der Waals surface area contributed by atoms with Gasteiger partial charge in [-0.3, -0.25) is 4.79 Å². The van der Waals surface area contributed by atoms with Crippen molar-refractivity contribution < 1.29 is 28.5 Å². The first-order valence-electron chi connectivity index (χ1n) is 10.8. The number of nitrogens with zero attached hydrogens (tertiary/aromatic N) is 1. The first-order chi connectivity index (χ1) is 17.0. The Balaban J connectivity index is 1.69. The van der Waals surface area contributed by atoms with Crippen LogP contribution in [0.2, 0.25) is 5.02 Å². The second-order valence-electron chi connectivity index (χ2n) is 7.17. The van der Waals surface area contributed by atoms with Gasteiger partial charge in [-0.05, 0) is 60.5 Å². The number of nitrogens with one attached hydrogen (secondary N) is 1. The van der Waals surface area contributed by atoms with Crippen LogP contribution in [-0.2, 0) is 6.61 Å². The molecule has 3 aromatic carbocycles. The smallest absolute Gasteiger partial charge is 0.271 e. The van der Waals surface area contributed by atoms with E-state index in [-0.39, 0.29) is 0 Å². The number of ether oxygens (including phenoxy) is 5. The zero-order valence-corrected chi connectivity index (χ0v) is 20.7. The third-order valence-electron chi connectivity index (χ3n) is 4.88. The Bertz CT molecular complexity index is 1160. The molecule has 1 N–H and O–H groups in total. The van der Waals surface area contributed by atoms with Crippen LogP contribution in [0.15, 0.2) is 59.7 Å². The molecule has 0 bridgehead atoms. The molecule has 0 saturated heterocycles. The van der Waals surface area contributed by atoms with Crippen molar-refractivity contribution >= 4 is 23.7 Å². The average molecular weight is 499 g/mol. The lowest BCUT2D eigenvalue weighted by molar-refractivity contribution is 0.0954. The molecule has 0 saturated carbocycles. The fraction of sp³-hybridized carbons (Fsp3) is 0.231. The lowest BCUT2D eigenvalue weighted by atomic mass is 10.1. The summed E-state index contributed by atoms with van der Waals surface area (Å²) in [6.07, 6.45) is 1.52. The maximum Gasteiger partial charge on any atom is 0.271 e. The molecule has 3 aromatic rings. The Morgan fingerprint density at radius 1 is 0.886 bits per heavy atom. The average Bonchev–Trinajstić information content (AvgIpc) is 2.88. The Kier molecular flexibility index (Phi) is 9.20. The predicted molar refractivity (Wildman–Crippen MR) is 135 cm³/mol. The molecular weight excluding hydrogens is 472 g/mol. The molecule has 0 aromatic heterocycles. The molecular formula is C26H27ClN2O6. The number of halogens is 1. The van der Waals surface area contributed by atoms with Crippen molar-refractivity contribution in [1.29, 1.82) is 0 Å². The van der Waals surface area contributed by atoms with Crippen LogP contribution in [0, 0.1) is 0 Å². The van der Waals surface area contributed by atoms with Crippen LogP contribution < -0.4 is 29.1 Å². The maximum atomic E-state index is 12.6. The standard InChI is InChI=1S/C26H27ClN2O6/c1-5-34-22-12-18(8-11-21(22)35-16-17-6-9-20(27)10-7-17)15-28-29-26(30)19-13-23(31-2)25(33-4)24(14-19)32-3/h6-15H,5,16H2,1-4H3,(H,29,30)/b28-15+. The van der Waals surface area contributed by atoms with E-state index in [1.165, 1.54) is 27.5 Å². The van der Waals surface area contributed by atoms with Gasteiger partial charge in [0, 0.05) is 10.6 Å². The highest BCUT2D eigenvalue weighted by molar-refractivity contribution is 6.30. The van der Waals surface area contributed by atoms with E-state index >= 15 is 0 Å². The second-order valence-corrected chi connectivity index (χ2v) is 7.60. The zero-order chi connectivity index (χ0) is 25.2. The number of carbonyl (C=O) groups is 1. The minimum atomic E-state index is -0.437. The van der Waals surface area contributed by atoms with Crippen molar-refractivity contribution in [2.75, 3.05) is 27.9 Å². The lowest BCUT2D eigenvalue weighted by Crippen LogP contribution is -2.18. The number of hydrogen-bond acceptors (Lipinski definition) is 7. The predicted octanol–water partition coefficient (Wildman–Crippen LogP) is 5.11. The first-order valence-corrected chi connectivity index (χ1v) is 11.1. The molecule has 0 unspecified atom stereocenters. The minimum absolute atomic E-state index is 0.303. The van der Waals surface area contributed by atoms with Crippen LogP contribution in [0.3, 0.4) is 0 Å². The number of benzene rings is 3. The number of rotatable bonds is 11. The summed E-state index contributed by atoms with van der Waals surface area (Å²) in [6.45, 7) is 2.73. The summed E-state index contributed by atoms with van der Waals surface area (Å²) < 4.78 is 27.5. The molecule has 0 heterocycles. The van der Waals surface area contributed by atoms with Crippen molar-refractivity contribution in [1.82, 2.24) is 5.43 Å². The molecule has 184 valence electrons. The van der Waals surface area contributed by atoms with Gasteiger partial charge in [0.2, 0.25) is 5.75 Å². The summed E-state index contributed by atoms with van der Waals surface area (Å²) in [7, 11) is 4.46. The Labute approximate surface area is 209 Å². The molecule has 3 rings (SSSR count). The third-order valence-corrected chi connectivity index (χ3v) is 5.13. The zero-order valence-electron chi connectivity index (χ0n) is 20.0. The van der Waals surface area contributed by atoms with Gasteiger partial charge in [-0.2, -0.15) is 5.10 Å². The lowest BCUT2D eigenvalue weighted by Gasteiger charge is -2.13. The molecule has 8 nitrogen and oxygen atoms in total. The largest absolute Gasteiger partial charge is 0.493 e. The van der Waals surface area contributed by atoms with Crippen molar-refractivity contribution in [3.8, 4) is 28.7 Å². The van der Waals surface area contributed by atoms with Crippen molar-refractivity contribution in [2.24, 2.45) is 5.10 Å². The molecule has 0 radical (unpaired) electrons. The highest BCUT2D eigenvalue weighted by Gasteiger charge is 2.16. The number of methoxy groups -OCH3 is 3. The Hall–Kier alpha value is -3.91. The fourth-order valence-electron chi connectivity index (χ4n) is 3.18. The summed E-state index contributed by atoms with van der Waals surface area (Å²) in [5, 5.41) is 4.73. The van der Waals surface area contributed by atoms with E-state index in [0.29, 0.717) is 52.5 Å². The van der Waals surface area contributed by atoms with E-state index in [4.69, 9.17) is 35.3 Å². The van der Waals surface area contributed by atoms with E-state index in [2.05, 4.69) is 10.5 Å². The van der Waals surface area contributed by atoms with Gasteiger partial charge in [0.25, 0.3) is 5.91 Å². The summed E-state index contributed by atoms with van der Waals surface area (Å²) in [4.78, 5) is 12.6. The highest BCUT2D eigenvalue weighted by atomic mass is 35.5. The van der Waals surface area contributed by atoms with E-state index in [0.717, 1.165) is 11.1 Å². The number of hydrazone groups is 1. The molecule has 0 atom stereocenters. The number of amides is 1. The van der Waals surface area contributed by atoms with Crippen LogP contribution in [-0.4, -0.2) is 40.1 Å². The van der Waals surface area contributed by atoms with Gasteiger partial charge in [0.1, 0.15) is 6.61 Å². The molecule has 0 aliphatic heterocycles. The SMILES string of the molecule is CCOc1cc(/C=N/NC(=O)c2cc(OC)c(OC)c(OC)c2)ccc1OCc1ccc(Cl)cc1. The molecule has 0 fully saturated rings. The van der Waals surface area contributed by atoms with Gasteiger partial charge in [0.05, 0.1) is 34.2 Å². The van der Waals surface area contributed by atoms with Gasteiger partial charge in [-0.15, -0.1) is 0 Å². The fourth-order valence-corrected chi connectivity index (χ4v) is 3.30. The second kappa shape index (κ2) is 12.5. The number of carbonyl (C=O) groups excluding carboxylic acids is 1. The van der Waals surface area contributed by atoms with Gasteiger partial charge < -0.3 is 23.7 Å². The normalized spacial score (nSPS) is 10.7. The Morgan fingerprint density at radius 2 is 1.57 bits per heavy atom. The van der Waals surface area contributed by atoms with Gasteiger partial charge in [-0.1, -0.05) is 23.7 Å².